The maximum Gasteiger partial charge on any atom is 0.375 e. The van der Waals surface area contributed by atoms with E-state index in [9.17, 15) is 14.0 Å². The number of amides is 1. The summed E-state index contributed by atoms with van der Waals surface area (Å²) in [5, 5.41) is 2.76. The van der Waals surface area contributed by atoms with E-state index in [0.29, 0.717) is 11.5 Å². The van der Waals surface area contributed by atoms with Crippen LogP contribution in [0.5, 0.6) is 5.75 Å². The van der Waals surface area contributed by atoms with Gasteiger partial charge in [-0.2, -0.15) is 0 Å². The van der Waals surface area contributed by atoms with Crippen LogP contribution in [-0.2, 0) is 16.1 Å². The second-order valence-corrected chi connectivity index (χ2v) is 5.84. The second-order valence-electron chi connectivity index (χ2n) is 5.84. The van der Waals surface area contributed by atoms with E-state index in [4.69, 9.17) is 13.9 Å². The summed E-state index contributed by atoms with van der Waals surface area (Å²) < 4.78 is 28.7. The number of ether oxygens (including phenoxy) is 2. The van der Waals surface area contributed by atoms with Crippen LogP contribution in [0.4, 0.5) is 4.39 Å². The van der Waals surface area contributed by atoms with Crippen molar-refractivity contribution < 1.29 is 27.9 Å². The molecule has 1 saturated carbocycles. The minimum atomic E-state index is -0.892. The van der Waals surface area contributed by atoms with Crippen LogP contribution in [0.25, 0.3) is 0 Å². The third kappa shape index (κ3) is 4.82. The molecule has 3 rings (SSSR count). The molecule has 7 heteroatoms. The normalized spacial score (nSPS) is 14.6. The van der Waals surface area contributed by atoms with E-state index in [0.717, 1.165) is 12.8 Å². The summed E-state index contributed by atoms with van der Waals surface area (Å²) in [6.07, 6.45) is 1.03. The van der Waals surface area contributed by atoms with Crippen LogP contribution in [0.1, 0.15) is 36.1 Å². The van der Waals surface area contributed by atoms with Crippen LogP contribution in [0.15, 0.2) is 40.8 Å². The van der Waals surface area contributed by atoms with Crippen molar-refractivity contribution in [1.29, 1.82) is 0 Å². The number of nitrogens with one attached hydrogen (secondary N) is 1. The quantitative estimate of drug-likeness (QED) is 0.779. The number of hydrogen-bond donors (Lipinski definition) is 1. The summed E-state index contributed by atoms with van der Waals surface area (Å²) >= 11 is 0. The number of rotatable bonds is 7. The van der Waals surface area contributed by atoms with Gasteiger partial charge in [0.25, 0.3) is 5.91 Å². The molecule has 1 aromatic heterocycles. The van der Waals surface area contributed by atoms with E-state index in [-0.39, 0.29) is 30.1 Å². The van der Waals surface area contributed by atoms with Crippen molar-refractivity contribution in [3.8, 4) is 5.75 Å². The van der Waals surface area contributed by atoms with Crippen LogP contribution in [0.3, 0.4) is 0 Å². The zero-order valence-corrected chi connectivity index (χ0v) is 13.7. The summed E-state index contributed by atoms with van der Waals surface area (Å²) in [6.45, 7) is 1.59. The molecule has 2 aromatic rings. The molecule has 1 aliphatic rings. The molecule has 1 aliphatic carbocycles. The predicted molar refractivity (Wildman–Crippen MR) is 85.5 cm³/mol. The Morgan fingerprint density at radius 3 is 2.64 bits per heavy atom. The van der Waals surface area contributed by atoms with Crippen molar-refractivity contribution in [2.24, 2.45) is 0 Å². The van der Waals surface area contributed by atoms with Gasteiger partial charge in [0.1, 0.15) is 23.9 Å². The highest BCUT2D eigenvalue weighted by atomic mass is 19.1. The van der Waals surface area contributed by atoms with Gasteiger partial charge in [0, 0.05) is 6.04 Å². The van der Waals surface area contributed by atoms with Crippen molar-refractivity contribution in [2.45, 2.75) is 38.5 Å². The molecule has 0 aliphatic heterocycles. The van der Waals surface area contributed by atoms with Gasteiger partial charge in [-0.1, -0.05) is 0 Å². The highest BCUT2D eigenvalue weighted by Gasteiger charge is 2.28. The zero-order valence-electron chi connectivity index (χ0n) is 13.7. The lowest BCUT2D eigenvalue weighted by atomic mass is 10.3. The number of halogens is 1. The Bertz CT molecular complexity index is 751. The van der Waals surface area contributed by atoms with Crippen molar-refractivity contribution in [3.05, 3.63) is 53.7 Å². The van der Waals surface area contributed by atoms with E-state index < -0.39 is 12.1 Å². The Morgan fingerprint density at radius 1 is 1.24 bits per heavy atom. The molecule has 0 saturated heterocycles. The molecule has 1 fully saturated rings. The van der Waals surface area contributed by atoms with Gasteiger partial charge >= 0.3 is 5.97 Å². The molecule has 0 spiro atoms. The first kappa shape index (κ1) is 17.0. The van der Waals surface area contributed by atoms with E-state index in [1.54, 1.807) is 6.07 Å². The standard InChI is InChI=1S/C18H18FNO5/c1-11(17(21)20-13-4-5-13)24-18(22)16-9-8-15(25-16)10-23-14-6-2-12(19)3-7-14/h2-3,6-9,11,13H,4-5,10H2,1H3,(H,20,21). The molecule has 1 atom stereocenters. The molecule has 0 radical (unpaired) electrons. The molecule has 1 heterocycles. The van der Waals surface area contributed by atoms with Crippen LogP contribution in [0, 0.1) is 5.82 Å². The number of furan rings is 1. The molecule has 25 heavy (non-hydrogen) atoms. The van der Waals surface area contributed by atoms with E-state index in [2.05, 4.69) is 5.32 Å². The van der Waals surface area contributed by atoms with Crippen LogP contribution >= 0.6 is 0 Å². The third-order valence-electron chi connectivity index (χ3n) is 3.63. The topological polar surface area (TPSA) is 77.8 Å². The number of esters is 1. The van der Waals surface area contributed by atoms with Gasteiger partial charge in [-0.25, -0.2) is 9.18 Å². The largest absolute Gasteiger partial charge is 0.486 e. The number of carbonyl (C=O) groups excluding carboxylic acids is 2. The Morgan fingerprint density at radius 2 is 1.96 bits per heavy atom. The Labute approximate surface area is 143 Å². The van der Waals surface area contributed by atoms with Crippen LogP contribution in [0.2, 0.25) is 0 Å². The number of carbonyl (C=O) groups is 2. The van der Waals surface area contributed by atoms with E-state index in [1.165, 1.54) is 37.3 Å². The average Bonchev–Trinajstić information content (AvgIpc) is 3.28. The van der Waals surface area contributed by atoms with Crippen molar-refractivity contribution in [2.75, 3.05) is 0 Å². The highest BCUT2D eigenvalue weighted by Crippen LogP contribution is 2.19. The SMILES string of the molecule is CC(OC(=O)c1ccc(COc2ccc(F)cc2)o1)C(=O)NC1CC1. The van der Waals surface area contributed by atoms with Crippen molar-refractivity contribution in [3.63, 3.8) is 0 Å². The monoisotopic (exact) mass is 347 g/mol. The number of benzene rings is 1. The maximum absolute atomic E-state index is 12.8. The van der Waals surface area contributed by atoms with Gasteiger partial charge in [0.2, 0.25) is 5.76 Å². The minimum absolute atomic E-state index is 0.0104. The maximum atomic E-state index is 12.8. The van der Waals surface area contributed by atoms with E-state index >= 15 is 0 Å². The first-order chi connectivity index (χ1) is 12.0. The first-order valence-corrected chi connectivity index (χ1v) is 7.99. The fourth-order valence-electron chi connectivity index (χ4n) is 2.07. The molecule has 6 nitrogen and oxygen atoms in total. The van der Waals surface area contributed by atoms with Crippen LogP contribution < -0.4 is 10.1 Å². The highest BCUT2D eigenvalue weighted by molar-refractivity contribution is 5.90. The summed E-state index contributed by atoms with van der Waals surface area (Å²) in [5.74, 6) is -0.508. The molecule has 1 amide bonds. The Balaban J connectivity index is 1.50. The van der Waals surface area contributed by atoms with Crippen molar-refractivity contribution in [1.82, 2.24) is 5.32 Å². The van der Waals surface area contributed by atoms with Gasteiger partial charge in [-0.15, -0.1) is 0 Å². The molecular weight excluding hydrogens is 329 g/mol. The lowest BCUT2D eigenvalue weighted by molar-refractivity contribution is -0.129. The molecular formula is C18H18FNO5. The molecule has 132 valence electrons. The smallest absolute Gasteiger partial charge is 0.375 e. The van der Waals surface area contributed by atoms with Gasteiger partial charge in [-0.3, -0.25) is 4.79 Å². The Kier molecular flexibility index (Phi) is 5.02. The zero-order chi connectivity index (χ0) is 17.8. The second kappa shape index (κ2) is 7.38. The molecule has 1 unspecified atom stereocenters. The lowest BCUT2D eigenvalue weighted by Crippen LogP contribution is -2.37. The predicted octanol–water partition coefficient (Wildman–Crippen LogP) is 2.82. The molecule has 1 aromatic carbocycles. The summed E-state index contributed by atoms with van der Waals surface area (Å²) in [5.41, 5.74) is 0. The van der Waals surface area contributed by atoms with Crippen molar-refractivity contribution >= 4 is 11.9 Å². The third-order valence-corrected chi connectivity index (χ3v) is 3.63. The van der Waals surface area contributed by atoms with Gasteiger partial charge in [-0.05, 0) is 56.2 Å². The van der Waals surface area contributed by atoms with Gasteiger partial charge in [0.05, 0.1) is 0 Å². The molecule has 0 bridgehead atoms. The molecule has 1 N–H and O–H groups in total. The fourth-order valence-corrected chi connectivity index (χ4v) is 2.07. The summed E-state index contributed by atoms with van der Waals surface area (Å²) in [4.78, 5) is 23.8. The fraction of sp³-hybridized carbons (Fsp3) is 0.333. The Hall–Kier alpha value is -2.83. The summed E-state index contributed by atoms with van der Waals surface area (Å²) in [6, 6.07) is 8.79. The van der Waals surface area contributed by atoms with Gasteiger partial charge in [0.15, 0.2) is 6.10 Å². The van der Waals surface area contributed by atoms with Gasteiger partial charge < -0.3 is 19.2 Å². The lowest BCUT2D eigenvalue weighted by Gasteiger charge is -2.12. The average molecular weight is 347 g/mol. The van der Waals surface area contributed by atoms with Crippen LogP contribution in [-0.4, -0.2) is 24.0 Å². The first-order valence-electron chi connectivity index (χ1n) is 7.99. The minimum Gasteiger partial charge on any atom is -0.486 e. The summed E-state index contributed by atoms with van der Waals surface area (Å²) in [7, 11) is 0. The van der Waals surface area contributed by atoms with E-state index in [1.807, 2.05) is 0 Å². The number of hydrogen-bond acceptors (Lipinski definition) is 5.